The molecule has 3 rings (SSSR count). The Morgan fingerprint density at radius 1 is 1.31 bits per heavy atom. The number of carbonyl (C=O) groups excluding carboxylic acids is 1. The van der Waals surface area contributed by atoms with Crippen molar-refractivity contribution >= 4 is 44.2 Å². The minimum Gasteiger partial charge on any atom is -0.360 e. The molecule has 140 valence electrons. The van der Waals surface area contributed by atoms with Gasteiger partial charge in [-0.05, 0) is 67.5 Å². The van der Waals surface area contributed by atoms with Gasteiger partial charge in [-0.15, -0.1) is 0 Å². The van der Waals surface area contributed by atoms with E-state index in [-0.39, 0.29) is 16.7 Å². The molecule has 1 aromatic heterocycles. The molecule has 1 fully saturated rings. The van der Waals surface area contributed by atoms with Crippen molar-refractivity contribution in [2.45, 2.75) is 31.6 Å². The normalized spacial score (nSPS) is 16.6. The SMILES string of the molecule is Cc1noc(C)c1S(=O)(=O)N1CCC(C(=O)Nc2cccc(I)c2)CC1. The number of aromatic nitrogens is 1. The molecule has 0 spiro atoms. The Labute approximate surface area is 166 Å². The van der Waals surface area contributed by atoms with Gasteiger partial charge in [0.25, 0.3) is 0 Å². The average Bonchev–Trinajstić information content (AvgIpc) is 2.94. The van der Waals surface area contributed by atoms with E-state index in [0.717, 1.165) is 9.26 Å². The van der Waals surface area contributed by atoms with Crippen LogP contribution in [-0.4, -0.2) is 36.9 Å². The van der Waals surface area contributed by atoms with Crippen LogP contribution < -0.4 is 5.32 Å². The molecule has 0 unspecified atom stereocenters. The van der Waals surface area contributed by atoms with Crippen molar-refractivity contribution in [2.75, 3.05) is 18.4 Å². The molecular weight excluding hydrogens is 469 g/mol. The summed E-state index contributed by atoms with van der Waals surface area (Å²) in [7, 11) is -3.65. The number of halogens is 1. The number of sulfonamides is 1. The van der Waals surface area contributed by atoms with Crippen molar-refractivity contribution in [1.82, 2.24) is 9.46 Å². The first kappa shape index (κ1) is 19.3. The van der Waals surface area contributed by atoms with Gasteiger partial charge in [0.1, 0.15) is 10.6 Å². The van der Waals surface area contributed by atoms with Crippen LogP contribution in [0.1, 0.15) is 24.3 Å². The lowest BCUT2D eigenvalue weighted by atomic mass is 9.97. The maximum atomic E-state index is 12.8. The Bertz CT molecular complexity index is 898. The maximum absolute atomic E-state index is 12.8. The first-order valence-corrected chi connectivity index (χ1v) is 10.8. The van der Waals surface area contributed by atoms with Crippen molar-refractivity contribution in [1.29, 1.82) is 0 Å². The topological polar surface area (TPSA) is 92.5 Å². The quantitative estimate of drug-likeness (QED) is 0.667. The molecule has 2 heterocycles. The summed E-state index contributed by atoms with van der Waals surface area (Å²) in [5, 5.41) is 6.64. The van der Waals surface area contributed by atoms with Gasteiger partial charge in [-0.3, -0.25) is 4.79 Å². The molecule has 1 aromatic carbocycles. The fourth-order valence-corrected chi connectivity index (χ4v) is 5.44. The third-order valence-electron chi connectivity index (χ3n) is 4.48. The second kappa shape index (κ2) is 7.65. The van der Waals surface area contributed by atoms with E-state index in [2.05, 4.69) is 33.1 Å². The largest absolute Gasteiger partial charge is 0.360 e. The predicted molar refractivity (Wildman–Crippen MR) is 105 cm³/mol. The molecule has 1 N–H and O–H groups in total. The molecule has 1 aliphatic rings. The summed E-state index contributed by atoms with van der Waals surface area (Å²) in [6.45, 7) is 3.81. The fraction of sp³-hybridized carbons (Fsp3) is 0.412. The van der Waals surface area contributed by atoms with Crippen molar-refractivity contribution in [3.8, 4) is 0 Å². The zero-order valence-electron chi connectivity index (χ0n) is 14.5. The van der Waals surface area contributed by atoms with Crippen LogP contribution in [0.15, 0.2) is 33.7 Å². The number of aryl methyl sites for hydroxylation is 2. The molecular formula is C17H20IN3O4S. The Morgan fingerprint density at radius 3 is 2.58 bits per heavy atom. The maximum Gasteiger partial charge on any atom is 0.248 e. The minimum atomic E-state index is -3.65. The van der Waals surface area contributed by atoms with Crippen LogP contribution in [0.25, 0.3) is 0 Å². The smallest absolute Gasteiger partial charge is 0.248 e. The van der Waals surface area contributed by atoms with Gasteiger partial charge >= 0.3 is 0 Å². The van der Waals surface area contributed by atoms with Crippen molar-refractivity contribution in [3.63, 3.8) is 0 Å². The summed E-state index contributed by atoms with van der Waals surface area (Å²) in [5.74, 6) is 0.0198. The highest BCUT2D eigenvalue weighted by Gasteiger charge is 2.35. The highest BCUT2D eigenvalue weighted by atomic mass is 127. The van der Waals surface area contributed by atoms with Crippen molar-refractivity contribution in [3.05, 3.63) is 39.3 Å². The first-order valence-electron chi connectivity index (χ1n) is 8.28. The first-order chi connectivity index (χ1) is 12.3. The molecule has 9 heteroatoms. The Hall–Kier alpha value is -1.46. The van der Waals surface area contributed by atoms with Crippen LogP contribution >= 0.6 is 22.6 Å². The van der Waals surface area contributed by atoms with Gasteiger partial charge in [0.2, 0.25) is 15.9 Å². The van der Waals surface area contributed by atoms with E-state index >= 15 is 0 Å². The van der Waals surface area contributed by atoms with E-state index in [1.54, 1.807) is 13.8 Å². The molecule has 0 bridgehead atoms. The monoisotopic (exact) mass is 489 g/mol. The highest BCUT2D eigenvalue weighted by molar-refractivity contribution is 14.1. The van der Waals surface area contributed by atoms with Crippen LogP contribution in [0, 0.1) is 23.3 Å². The number of benzene rings is 1. The van der Waals surface area contributed by atoms with Gasteiger partial charge in [-0.1, -0.05) is 11.2 Å². The Balaban J connectivity index is 1.65. The second-order valence-corrected chi connectivity index (χ2v) is 9.45. The van der Waals surface area contributed by atoms with Crippen molar-refractivity contribution in [2.24, 2.45) is 5.92 Å². The van der Waals surface area contributed by atoms with E-state index in [1.807, 2.05) is 24.3 Å². The second-order valence-electron chi connectivity index (χ2n) is 6.33. The fourth-order valence-electron chi connectivity index (χ4n) is 3.14. The molecule has 7 nitrogen and oxygen atoms in total. The van der Waals surface area contributed by atoms with E-state index < -0.39 is 10.0 Å². The van der Waals surface area contributed by atoms with E-state index in [1.165, 1.54) is 4.31 Å². The highest BCUT2D eigenvalue weighted by Crippen LogP contribution is 2.28. The number of carbonyl (C=O) groups is 1. The number of nitrogens with zero attached hydrogens (tertiary/aromatic N) is 2. The molecule has 1 saturated heterocycles. The molecule has 0 atom stereocenters. The van der Waals surface area contributed by atoms with Crippen LogP contribution in [0.4, 0.5) is 5.69 Å². The molecule has 0 aliphatic carbocycles. The lowest BCUT2D eigenvalue weighted by Gasteiger charge is -2.30. The van der Waals surface area contributed by atoms with Crippen LogP contribution in [0.2, 0.25) is 0 Å². The van der Waals surface area contributed by atoms with E-state index in [4.69, 9.17) is 4.52 Å². The number of hydrogen-bond acceptors (Lipinski definition) is 5. The lowest BCUT2D eigenvalue weighted by molar-refractivity contribution is -0.120. The standard InChI is InChI=1S/C17H20IN3O4S/c1-11-16(12(2)25-20-11)26(23,24)21-8-6-13(7-9-21)17(22)19-15-5-3-4-14(18)10-15/h3-5,10,13H,6-9H2,1-2H3,(H,19,22). The molecule has 0 radical (unpaired) electrons. The average molecular weight is 489 g/mol. The van der Waals surface area contributed by atoms with Gasteiger partial charge in [0, 0.05) is 28.3 Å². The molecule has 1 aliphatic heterocycles. The molecule has 26 heavy (non-hydrogen) atoms. The van der Waals surface area contributed by atoms with Crippen LogP contribution in [0.3, 0.4) is 0 Å². The molecule has 0 saturated carbocycles. The van der Waals surface area contributed by atoms with Gasteiger partial charge < -0.3 is 9.84 Å². The van der Waals surface area contributed by atoms with Crippen LogP contribution in [0.5, 0.6) is 0 Å². The molecule has 2 aromatic rings. The summed E-state index contributed by atoms with van der Waals surface area (Å²) in [6, 6.07) is 7.58. The number of amides is 1. The summed E-state index contributed by atoms with van der Waals surface area (Å²) < 4.78 is 33.1. The predicted octanol–water partition coefficient (Wildman–Crippen LogP) is 2.94. The third-order valence-corrected chi connectivity index (χ3v) is 7.30. The number of anilines is 1. The summed E-state index contributed by atoms with van der Waals surface area (Å²) in [5.41, 5.74) is 1.12. The van der Waals surface area contributed by atoms with Gasteiger partial charge in [0.05, 0.1) is 0 Å². The van der Waals surface area contributed by atoms with Crippen LogP contribution in [-0.2, 0) is 14.8 Å². The summed E-state index contributed by atoms with van der Waals surface area (Å²) in [6.07, 6.45) is 0.969. The van der Waals surface area contributed by atoms with E-state index in [9.17, 15) is 13.2 Å². The van der Waals surface area contributed by atoms with Gasteiger partial charge in [-0.2, -0.15) is 4.31 Å². The Kier molecular flexibility index (Phi) is 5.68. The lowest BCUT2D eigenvalue weighted by Crippen LogP contribution is -2.41. The van der Waals surface area contributed by atoms with E-state index in [0.29, 0.717) is 37.4 Å². The minimum absolute atomic E-state index is 0.0682. The number of piperidine rings is 1. The van der Waals surface area contributed by atoms with Crippen molar-refractivity contribution < 1.29 is 17.7 Å². The number of rotatable bonds is 4. The third kappa shape index (κ3) is 3.94. The number of hydrogen-bond donors (Lipinski definition) is 1. The zero-order chi connectivity index (χ0) is 18.9. The van der Waals surface area contributed by atoms with Gasteiger partial charge in [0.15, 0.2) is 5.76 Å². The van der Waals surface area contributed by atoms with Gasteiger partial charge in [-0.25, -0.2) is 8.42 Å². The zero-order valence-corrected chi connectivity index (χ0v) is 17.5. The summed E-state index contributed by atoms with van der Waals surface area (Å²) in [4.78, 5) is 12.6. The summed E-state index contributed by atoms with van der Waals surface area (Å²) >= 11 is 2.19. The number of nitrogens with one attached hydrogen (secondary N) is 1. The Morgan fingerprint density at radius 2 is 2.00 bits per heavy atom. The molecule has 1 amide bonds.